The topological polar surface area (TPSA) is 92.9 Å². The first-order valence-corrected chi connectivity index (χ1v) is 8.58. The van der Waals surface area contributed by atoms with Crippen LogP contribution in [0.25, 0.3) is 11.3 Å². The van der Waals surface area contributed by atoms with E-state index in [1.165, 1.54) is 13.3 Å². The van der Waals surface area contributed by atoms with Crippen LogP contribution in [0, 0.1) is 0 Å². The second-order valence-corrected chi connectivity index (χ2v) is 5.99. The largest absolute Gasteiger partial charge is 0.465 e. The van der Waals surface area contributed by atoms with Gasteiger partial charge < -0.3 is 14.5 Å². The summed E-state index contributed by atoms with van der Waals surface area (Å²) in [5, 5.41) is 6.74. The molecule has 0 aliphatic carbocycles. The number of para-hydroxylation sites is 1. The summed E-state index contributed by atoms with van der Waals surface area (Å²) in [6, 6.07) is 16.8. The zero-order valence-electron chi connectivity index (χ0n) is 14.8. The van der Waals surface area contributed by atoms with Crippen molar-refractivity contribution in [1.82, 2.24) is 5.43 Å². The van der Waals surface area contributed by atoms with Gasteiger partial charge in [-0.15, -0.1) is 0 Å². The van der Waals surface area contributed by atoms with E-state index in [0.29, 0.717) is 22.8 Å². The molecule has 8 heteroatoms. The Kier molecular flexibility index (Phi) is 6.08. The number of methoxy groups -OCH3 is 1. The van der Waals surface area contributed by atoms with E-state index in [2.05, 4.69) is 20.6 Å². The molecule has 0 unspecified atom stereocenters. The van der Waals surface area contributed by atoms with Gasteiger partial charge in [-0.25, -0.2) is 15.0 Å². The molecule has 0 atom stereocenters. The molecule has 142 valence electrons. The van der Waals surface area contributed by atoms with Crippen molar-refractivity contribution in [2.75, 3.05) is 12.4 Å². The first-order chi connectivity index (χ1) is 13.6. The fourth-order valence-electron chi connectivity index (χ4n) is 2.36. The molecule has 0 aliphatic rings. The van der Waals surface area contributed by atoms with Gasteiger partial charge in [0.15, 0.2) is 0 Å². The number of esters is 1. The van der Waals surface area contributed by atoms with Crippen molar-refractivity contribution < 1.29 is 18.7 Å². The number of furan rings is 1. The molecule has 2 N–H and O–H groups in total. The Morgan fingerprint density at radius 3 is 2.61 bits per heavy atom. The summed E-state index contributed by atoms with van der Waals surface area (Å²) in [5.74, 6) is 0.459. The van der Waals surface area contributed by atoms with E-state index < -0.39 is 12.0 Å². The summed E-state index contributed by atoms with van der Waals surface area (Å²) in [7, 11) is 1.29. The first-order valence-electron chi connectivity index (χ1n) is 8.20. The number of carbonyl (C=O) groups excluding carboxylic acids is 2. The number of hydrogen-bond donors (Lipinski definition) is 2. The predicted octanol–water partition coefficient (Wildman–Crippen LogP) is 4.54. The molecular formula is C20H16ClN3O4. The highest BCUT2D eigenvalue weighted by Gasteiger charge is 2.13. The Balaban J connectivity index is 1.62. The van der Waals surface area contributed by atoms with Crippen LogP contribution >= 0.6 is 11.6 Å². The molecule has 0 fully saturated rings. The highest BCUT2D eigenvalue weighted by molar-refractivity contribution is 6.33. The van der Waals surface area contributed by atoms with Crippen molar-refractivity contribution in [1.29, 1.82) is 0 Å². The Morgan fingerprint density at radius 2 is 1.89 bits per heavy atom. The quantitative estimate of drug-likeness (QED) is 0.375. The third-order valence-corrected chi connectivity index (χ3v) is 3.99. The summed E-state index contributed by atoms with van der Waals surface area (Å²) in [4.78, 5) is 23.3. The Bertz CT molecular complexity index is 1020. The molecule has 3 rings (SSSR count). The fourth-order valence-corrected chi connectivity index (χ4v) is 2.61. The van der Waals surface area contributed by atoms with Crippen molar-refractivity contribution in [2.24, 2.45) is 5.10 Å². The van der Waals surface area contributed by atoms with E-state index in [-0.39, 0.29) is 10.6 Å². The number of carbonyl (C=O) groups is 2. The monoisotopic (exact) mass is 397 g/mol. The summed E-state index contributed by atoms with van der Waals surface area (Å²) in [6.07, 6.45) is 1.37. The van der Waals surface area contributed by atoms with Crippen LogP contribution in [-0.2, 0) is 4.74 Å². The number of hydrogen-bond acceptors (Lipinski definition) is 5. The molecule has 2 aromatic carbocycles. The molecule has 1 heterocycles. The van der Waals surface area contributed by atoms with E-state index in [4.69, 9.17) is 16.0 Å². The highest BCUT2D eigenvalue weighted by atomic mass is 35.5. The molecule has 0 saturated heterocycles. The molecule has 0 bridgehead atoms. The number of nitrogens with one attached hydrogen (secondary N) is 2. The normalized spacial score (nSPS) is 10.6. The van der Waals surface area contributed by atoms with Crippen LogP contribution in [0.5, 0.6) is 0 Å². The van der Waals surface area contributed by atoms with Gasteiger partial charge in [0.05, 0.1) is 23.9 Å². The molecule has 0 radical (unpaired) electrons. The molecule has 1 aromatic heterocycles. The maximum Gasteiger partial charge on any atom is 0.339 e. The number of rotatable bonds is 5. The Labute approximate surface area is 166 Å². The van der Waals surface area contributed by atoms with Gasteiger partial charge in [0.25, 0.3) is 0 Å². The lowest BCUT2D eigenvalue weighted by Gasteiger charge is -2.04. The van der Waals surface area contributed by atoms with Gasteiger partial charge in [-0.1, -0.05) is 35.9 Å². The van der Waals surface area contributed by atoms with Gasteiger partial charge in [0.2, 0.25) is 0 Å². The smallest absolute Gasteiger partial charge is 0.339 e. The third-order valence-electron chi connectivity index (χ3n) is 3.68. The molecule has 0 saturated carbocycles. The molecule has 0 spiro atoms. The van der Waals surface area contributed by atoms with Crippen molar-refractivity contribution >= 4 is 35.5 Å². The Hall–Kier alpha value is -3.58. The van der Waals surface area contributed by atoms with Gasteiger partial charge in [0.1, 0.15) is 11.5 Å². The van der Waals surface area contributed by atoms with E-state index in [1.54, 1.807) is 42.5 Å². The van der Waals surface area contributed by atoms with Crippen molar-refractivity contribution in [3.63, 3.8) is 0 Å². The molecule has 28 heavy (non-hydrogen) atoms. The van der Waals surface area contributed by atoms with Crippen molar-refractivity contribution in [2.45, 2.75) is 0 Å². The summed E-state index contributed by atoms with van der Waals surface area (Å²) >= 11 is 6.12. The second kappa shape index (κ2) is 8.88. The summed E-state index contributed by atoms with van der Waals surface area (Å²) in [5.41, 5.74) is 3.97. The minimum atomic E-state index is -0.510. The molecule has 7 nitrogen and oxygen atoms in total. The second-order valence-electron chi connectivity index (χ2n) is 5.58. The number of benzene rings is 2. The van der Waals surface area contributed by atoms with Gasteiger partial charge >= 0.3 is 12.0 Å². The number of anilines is 1. The average molecular weight is 398 g/mol. The minimum Gasteiger partial charge on any atom is -0.465 e. The van der Waals surface area contributed by atoms with Crippen LogP contribution in [0.3, 0.4) is 0 Å². The summed E-state index contributed by atoms with van der Waals surface area (Å²) < 4.78 is 10.3. The lowest BCUT2D eigenvalue weighted by molar-refractivity contribution is 0.0601. The Morgan fingerprint density at radius 1 is 1.11 bits per heavy atom. The van der Waals surface area contributed by atoms with Gasteiger partial charge in [0, 0.05) is 11.3 Å². The number of urea groups is 1. The molecule has 3 aromatic rings. The van der Waals surface area contributed by atoms with Crippen LogP contribution in [0.4, 0.5) is 10.5 Å². The maximum atomic E-state index is 11.8. The molecular weight excluding hydrogens is 382 g/mol. The van der Waals surface area contributed by atoms with Crippen LogP contribution in [0.2, 0.25) is 5.02 Å². The van der Waals surface area contributed by atoms with E-state index >= 15 is 0 Å². The van der Waals surface area contributed by atoms with Crippen LogP contribution in [-0.4, -0.2) is 25.3 Å². The van der Waals surface area contributed by atoms with Crippen LogP contribution < -0.4 is 10.7 Å². The highest BCUT2D eigenvalue weighted by Crippen LogP contribution is 2.27. The predicted molar refractivity (Wildman–Crippen MR) is 107 cm³/mol. The number of nitrogens with zero attached hydrogens (tertiary/aromatic N) is 1. The fraction of sp³-hybridized carbons (Fsp3) is 0.0500. The summed E-state index contributed by atoms with van der Waals surface area (Å²) in [6.45, 7) is 0. The first kappa shape index (κ1) is 19.2. The van der Waals surface area contributed by atoms with E-state index in [1.807, 2.05) is 18.2 Å². The number of ether oxygens (including phenoxy) is 1. The van der Waals surface area contributed by atoms with Crippen LogP contribution in [0.15, 0.2) is 70.2 Å². The standard InChI is InChI=1S/C20H16ClN3O4/c1-27-19(25)16-9-7-13(11-17(16)21)18-10-8-15(28-18)12-22-24-20(26)23-14-5-3-2-4-6-14/h2-12H,1H3,(H2,23,24,26). The van der Waals surface area contributed by atoms with Crippen molar-refractivity contribution in [3.8, 4) is 11.3 Å². The third kappa shape index (κ3) is 4.77. The SMILES string of the molecule is COC(=O)c1ccc(-c2ccc(C=NNC(=O)Nc3ccccc3)o2)cc1Cl. The van der Waals surface area contributed by atoms with Crippen LogP contribution in [0.1, 0.15) is 16.1 Å². The van der Waals surface area contributed by atoms with Gasteiger partial charge in [-0.3, -0.25) is 0 Å². The maximum absolute atomic E-state index is 11.8. The zero-order chi connectivity index (χ0) is 19.9. The van der Waals surface area contributed by atoms with E-state index in [9.17, 15) is 9.59 Å². The minimum absolute atomic E-state index is 0.259. The zero-order valence-corrected chi connectivity index (χ0v) is 15.6. The number of hydrazone groups is 1. The van der Waals surface area contributed by atoms with Gasteiger partial charge in [-0.05, 0) is 36.4 Å². The number of amides is 2. The van der Waals surface area contributed by atoms with Gasteiger partial charge in [-0.2, -0.15) is 5.10 Å². The lowest BCUT2D eigenvalue weighted by atomic mass is 10.1. The lowest BCUT2D eigenvalue weighted by Crippen LogP contribution is -2.24. The van der Waals surface area contributed by atoms with E-state index in [0.717, 1.165) is 0 Å². The molecule has 2 amide bonds. The average Bonchev–Trinajstić information content (AvgIpc) is 3.17. The molecule has 0 aliphatic heterocycles. The number of halogens is 1. The van der Waals surface area contributed by atoms with Crippen molar-refractivity contribution in [3.05, 3.63) is 77.0 Å².